The highest BCUT2D eigenvalue weighted by molar-refractivity contribution is 4.60. The average Bonchev–Trinajstić information content (AvgIpc) is 2.91. The number of hydrogen-bond acceptors (Lipinski definition) is 0. The van der Waals surface area contributed by atoms with Gasteiger partial charge in [0.25, 0.3) is 0 Å². The van der Waals surface area contributed by atoms with Gasteiger partial charge in [-0.15, -0.1) is 0 Å². The minimum absolute atomic E-state index is 0.943. The lowest BCUT2D eigenvalue weighted by Crippen LogP contribution is -1.99. The van der Waals surface area contributed by atoms with Crippen LogP contribution in [0, 0.1) is 17.8 Å². The maximum atomic E-state index is 2.51. The molecule has 0 aliphatic carbocycles. The summed E-state index contributed by atoms with van der Waals surface area (Å²) in [7, 11) is 0. The van der Waals surface area contributed by atoms with Crippen molar-refractivity contribution >= 4 is 0 Å². The van der Waals surface area contributed by atoms with Gasteiger partial charge in [-0.2, -0.15) is 0 Å². The van der Waals surface area contributed by atoms with Crippen LogP contribution in [0.3, 0.4) is 0 Å². The van der Waals surface area contributed by atoms with E-state index in [1.54, 1.807) is 0 Å². The Labute approximate surface area is 244 Å². The summed E-state index contributed by atoms with van der Waals surface area (Å²) in [5, 5.41) is 0. The van der Waals surface area contributed by atoms with Crippen LogP contribution >= 0.6 is 0 Å². The fourth-order valence-electron chi connectivity index (χ4n) is 6.22. The van der Waals surface area contributed by atoms with E-state index in [1.807, 2.05) is 0 Å². The zero-order chi connectivity index (χ0) is 27.9. The van der Waals surface area contributed by atoms with Gasteiger partial charge in [0.2, 0.25) is 0 Å². The fourth-order valence-corrected chi connectivity index (χ4v) is 6.22. The van der Waals surface area contributed by atoms with Crippen molar-refractivity contribution in [3.63, 3.8) is 0 Å². The molecule has 3 unspecified atom stereocenters. The molecule has 0 rings (SSSR count). The molecule has 0 amide bonds. The second kappa shape index (κ2) is 31.5. The van der Waals surface area contributed by atoms with Crippen LogP contribution in [0.5, 0.6) is 0 Å². The summed E-state index contributed by atoms with van der Waals surface area (Å²) >= 11 is 0. The molecule has 0 heterocycles. The molecule has 0 bridgehead atoms. The lowest BCUT2D eigenvalue weighted by atomic mass is 9.92. The van der Waals surface area contributed by atoms with Crippen LogP contribution in [0.15, 0.2) is 0 Å². The summed E-state index contributed by atoms with van der Waals surface area (Å²) in [4.78, 5) is 0. The maximum absolute atomic E-state index is 2.51. The van der Waals surface area contributed by atoms with E-state index >= 15 is 0 Å². The smallest absolute Gasteiger partial charge is 0.0443 e. The van der Waals surface area contributed by atoms with Gasteiger partial charge in [0, 0.05) is 0 Å². The molecule has 3 atom stereocenters. The highest BCUT2D eigenvalue weighted by Gasteiger charge is 2.06. The first kappa shape index (κ1) is 38.0. The molecule has 0 aliphatic heterocycles. The van der Waals surface area contributed by atoms with Crippen LogP contribution < -0.4 is 0 Å². The molecule has 0 saturated heterocycles. The molecular weight excluding hydrogens is 456 g/mol. The summed E-state index contributed by atoms with van der Waals surface area (Å²) in [5.41, 5.74) is 0. The molecule has 0 N–H and O–H groups in total. The summed E-state index contributed by atoms with van der Waals surface area (Å²) in [6, 6.07) is 0. The van der Waals surface area contributed by atoms with Crippen molar-refractivity contribution in [1.82, 2.24) is 0 Å². The molecule has 0 nitrogen and oxygen atoms in total. The Balaban J connectivity index is 3.27. The molecule has 0 aromatic carbocycles. The van der Waals surface area contributed by atoms with E-state index in [2.05, 4.69) is 34.6 Å². The van der Waals surface area contributed by atoms with Gasteiger partial charge >= 0.3 is 0 Å². The first-order valence-corrected chi connectivity index (χ1v) is 18.6. The van der Waals surface area contributed by atoms with Crippen molar-refractivity contribution in [2.45, 2.75) is 227 Å². The number of hydrogen-bond donors (Lipinski definition) is 0. The number of unbranched alkanes of at least 4 members (excludes halogenated alkanes) is 21. The molecule has 0 fully saturated rings. The summed E-state index contributed by atoms with van der Waals surface area (Å²) in [6.07, 6.45) is 44.1. The van der Waals surface area contributed by atoms with Gasteiger partial charge in [-0.3, -0.25) is 0 Å². The predicted molar refractivity (Wildman–Crippen MR) is 177 cm³/mol. The van der Waals surface area contributed by atoms with E-state index in [0.29, 0.717) is 0 Å². The zero-order valence-corrected chi connectivity index (χ0v) is 27.9. The predicted octanol–water partition coefficient (Wildman–Crippen LogP) is 14.6. The molecule has 0 saturated carbocycles. The molecule has 38 heavy (non-hydrogen) atoms. The van der Waals surface area contributed by atoms with Crippen molar-refractivity contribution in [3.05, 3.63) is 0 Å². The molecule has 0 radical (unpaired) electrons. The molecule has 0 heteroatoms. The Kier molecular flexibility index (Phi) is 31.5. The van der Waals surface area contributed by atoms with E-state index in [0.717, 1.165) is 17.8 Å². The molecule has 0 spiro atoms. The van der Waals surface area contributed by atoms with Crippen molar-refractivity contribution in [3.8, 4) is 0 Å². The Morgan fingerprint density at radius 2 is 0.500 bits per heavy atom. The zero-order valence-electron chi connectivity index (χ0n) is 27.9. The molecule has 0 aromatic heterocycles. The minimum Gasteiger partial charge on any atom is -0.0654 e. The minimum atomic E-state index is 0.943. The number of rotatable bonds is 32. The van der Waals surface area contributed by atoms with Crippen LogP contribution in [-0.2, 0) is 0 Å². The monoisotopic (exact) mass is 535 g/mol. The second-order valence-corrected chi connectivity index (χ2v) is 13.8. The molecule has 230 valence electrons. The van der Waals surface area contributed by atoms with Gasteiger partial charge in [-0.25, -0.2) is 0 Å². The van der Waals surface area contributed by atoms with Crippen molar-refractivity contribution in [1.29, 1.82) is 0 Å². The van der Waals surface area contributed by atoms with Gasteiger partial charge in [-0.1, -0.05) is 227 Å². The summed E-state index contributed by atoms with van der Waals surface area (Å²) in [6.45, 7) is 12.1. The Morgan fingerprint density at radius 3 is 0.789 bits per heavy atom. The van der Waals surface area contributed by atoms with Crippen molar-refractivity contribution < 1.29 is 0 Å². The lowest BCUT2D eigenvalue weighted by molar-refractivity contribution is 0.390. The van der Waals surface area contributed by atoms with Crippen molar-refractivity contribution in [2.75, 3.05) is 0 Å². The van der Waals surface area contributed by atoms with Gasteiger partial charge in [0.05, 0.1) is 0 Å². The first-order chi connectivity index (χ1) is 18.6. The maximum Gasteiger partial charge on any atom is -0.0443 e. The third-order valence-electron chi connectivity index (χ3n) is 9.54. The first-order valence-electron chi connectivity index (χ1n) is 18.6. The van der Waals surface area contributed by atoms with Gasteiger partial charge in [0.1, 0.15) is 0 Å². The summed E-state index contributed by atoms with van der Waals surface area (Å²) in [5.74, 6) is 2.85. The normalized spacial score (nSPS) is 14.1. The second-order valence-electron chi connectivity index (χ2n) is 13.8. The van der Waals surface area contributed by atoms with Crippen LogP contribution in [0.4, 0.5) is 0 Å². The SMILES string of the molecule is CCCCCCCCCCCCCCCCCCC(C)CCCC(C)CCCCCCCCCC(C)CC. The Bertz CT molecular complexity index is 412. The van der Waals surface area contributed by atoms with Crippen LogP contribution in [0.1, 0.15) is 227 Å². The topological polar surface area (TPSA) is 0 Å². The largest absolute Gasteiger partial charge is 0.0654 e. The molecular formula is C38H78. The highest BCUT2D eigenvalue weighted by Crippen LogP contribution is 2.22. The van der Waals surface area contributed by atoms with E-state index < -0.39 is 0 Å². The Morgan fingerprint density at radius 1 is 0.263 bits per heavy atom. The summed E-state index contributed by atoms with van der Waals surface area (Å²) < 4.78 is 0. The van der Waals surface area contributed by atoms with Gasteiger partial charge in [0.15, 0.2) is 0 Å². The van der Waals surface area contributed by atoms with Crippen LogP contribution in [0.2, 0.25) is 0 Å². The molecule has 0 aromatic rings. The van der Waals surface area contributed by atoms with Crippen molar-refractivity contribution in [2.24, 2.45) is 17.8 Å². The average molecular weight is 535 g/mol. The fraction of sp³-hybridized carbons (Fsp3) is 1.00. The van der Waals surface area contributed by atoms with Crippen LogP contribution in [0.25, 0.3) is 0 Å². The third kappa shape index (κ3) is 30.5. The van der Waals surface area contributed by atoms with E-state index in [9.17, 15) is 0 Å². The van der Waals surface area contributed by atoms with E-state index in [4.69, 9.17) is 0 Å². The third-order valence-corrected chi connectivity index (χ3v) is 9.54. The van der Waals surface area contributed by atoms with E-state index in [1.165, 1.54) is 193 Å². The Hall–Kier alpha value is 0. The standard InChI is InChI=1S/C38H78/c1-6-8-9-10-11-12-13-14-15-16-17-18-19-21-25-28-32-37(4)34-30-35-38(5)33-29-26-23-20-22-24-27-31-36(3)7-2/h36-38H,6-35H2,1-5H3. The lowest BCUT2D eigenvalue weighted by Gasteiger charge is -2.14. The van der Waals surface area contributed by atoms with Crippen LogP contribution in [-0.4, -0.2) is 0 Å². The van der Waals surface area contributed by atoms with E-state index in [-0.39, 0.29) is 0 Å². The van der Waals surface area contributed by atoms with Gasteiger partial charge < -0.3 is 0 Å². The quantitative estimate of drug-likeness (QED) is 0.0752. The highest BCUT2D eigenvalue weighted by atomic mass is 14.1. The van der Waals surface area contributed by atoms with Gasteiger partial charge in [-0.05, 0) is 17.8 Å². The molecule has 0 aliphatic rings.